The maximum Gasteiger partial charge on any atom is 0.127 e. The number of likely N-dealkylation sites (N-methyl/N-ethyl adjacent to an activating group) is 1. The highest BCUT2D eigenvalue weighted by molar-refractivity contribution is 9.10. The molecule has 1 aromatic carbocycles. The van der Waals surface area contributed by atoms with Gasteiger partial charge in [-0.25, -0.2) is 4.39 Å². The molecule has 21 heavy (non-hydrogen) atoms. The molecule has 1 heterocycles. The van der Waals surface area contributed by atoms with Gasteiger partial charge in [-0.1, -0.05) is 42.8 Å². The maximum atomic E-state index is 14.1. The van der Waals surface area contributed by atoms with Gasteiger partial charge in [-0.05, 0) is 30.7 Å². The fraction of sp³-hybridized carbons (Fsp3) is 0.625. The van der Waals surface area contributed by atoms with Crippen molar-refractivity contribution in [1.29, 1.82) is 0 Å². The lowest BCUT2D eigenvalue weighted by Gasteiger charge is -2.36. The minimum Gasteiger partial charge on any atom is -0.313 e. The minimum absolute atomic E-state index is 0.109. The van der Waals surface area contributed by atoms with E-state index < -0.39 is 0 Å². The molecule has 0 radical (unpaired) electrons. The van der Waals surface area contributed by atoms with E-state index in [-0.39, 0.29) is 5.82 Å². The van der Waals surface area contributed by atoms with Crippen molar-refractivity contribution >= 4 is 39.5 Å². The lowest BCUT2D eigenvalue weighted by atomic mass is 10.0. The summed E-state index contributed by atoms with van der Waals surface area (Å²) in [7, 11) is 0. The molecule has 1 aliphatic heterocycles. The van der Waals surface area contributed by atoms with Gasteiger partial charge < -0.3 is 5.32 Å². The van der Waals surface area contributed by atoms with Crippen LogP contribution in [-0.2, 0) is 6.42 Å². The topological polar surface area (TPSA) is 12.0 Å². The van der Waals surface area contributed by atoms with E-state index in [0.717, 1.165) is 28.8 Å². The van der Waals surface area contributed by atoms with Crippen molar-refractivity contribution in [3.63, 3.8) is 0 Å². The third kappa shape index (κ3) is 4.88. The van der Waals surface area contributed by atoms with Crippen LogP contribution in [0.2, 0.25) is 0 Å². The first-order chi connectivity index (χ1) is 10.0. The van der Waals surface area contributed by atoms with Gasteiger partial charge in [-0.2, -0.15) is 23.5 Å². The monoisotopic (exact) mass is 391 g/mol. The molecule has 118 valence electrons. The molecule has 0 spiro atoms. The second-order valence-corrected chi connectivity index (χ2v) is 9.47. The van der Waals surface area contributed by atoms with E-state index in [0.29, 0.717) is 21.8 Å². The molecule has 0 aliphatic carbocycles. The third-order valence-corrected chi connectivity index (χ3v) is 7.99. The lowest BCUT2D eigenvalue weighted by molar-refractivity contribution is 0.505. The summed E-state index contributed by atoms with van der Waals surface area (Å²) in [5.74, 6) is 1.04. The molecule has 5 heteroatoms. The van der Waals surface area contributed by atoms with Crippen LogP contribution in [0.1, 0.15) is 26.3 Å². The van der Waals surface area contributed by atoms with Crippen LogP contribution < -0.4 is 5.32 Å². The van der Waals surface area contributed by atoms with Crippen molar-refractivity contribution in [2.75, 3.05) is 12.3 Å². The van der Waals surface area contributed by atoms with Crippen molar-refractivity contribution in [2.24, 2.45) is 0 Å². The second-order valence-electron chi connectivity index (χ2n) is 5.52. The van der Waals surface area contributed by atoms with E-state index in [2.05, 4.69) is 53.8 Å². The fourth-order valence-corrected chi connectivity index (χ4v) is 6.00. The van der Waals surface area contributed by atoms with Crippen LogP contribution in [-0.4, -0.2) is 34.1 Å². The summed E-state index contributed by atoms with van der Waals surface area (Å²) in [6.45, 7) is 7.65. The van der Waals surface area contributed by atoms with Crippen LogP contribution in [0.15, 0.2) is 22.7 Å². The molecule has 4 atom stereocenters. The Bertz CT molecular complexity index is 472. The zero-order valence-electron chi connectivity index (χ0n) is 12.7. The van der Waals surface area contributed by atoms with Gasteiger partial charge in [0, 0.05) is 32.0 Å². The van der Waals surface area contributed by atoms with Gasteiger partial charge in [0.25, 0.3) is 0 Å². The Morgan fingerprint density at radius 1 is 1.38 bits per heavy atom. The zero-order chi connectivity index (χ0) is 15.4. The quantitative estimate of drug-likeness (QED) is 0.778. The third-order valence-electron chi connectivity index (χ3n) is 3.94. The molecule has 1 aliphatic rings. The molecule has 4 unspecified atom stereocenters. The van der Waals surface area contributed by atoms with Gasteiger partial charge in [-0.15, -0.1) is 0 Å². The normalized spacial score (nSPS) is 27.6. The molecule has 0 bridgehead atoms. The first-order valence-electron chi connectivity index (χ1n) is 7.45. The summed E-state index contributed by atoms with van der Waals surface area (Å²) >= 11 is 7.42. The minimum atomic E-state index is -0.109. The van der Waals surface area contributed by atoms with E-state index in [1.54, 1.807) is 6.07 Å². The summed E-state index contributed by atoms with van der Waals surface area (Å²) in [6.07, 6.45) is 0.756. The molecule has 0 aromatic heterocycles. The predicted octanol–water partition coefficient (Wildman–Crippen LogP) is 4.73. The Kier molecular flexibility index (Phi) is 6.91. The largest absolute Gasteiger partial charge is 0.313 e. The number of hydrogen-bond donors (Lipinski definition) is 1. The van der Waals surface area contributed by atoms with Gasteiger partial charge in [0.05, 0.1) is 0 Å². The molecule has 1 fully saturated rings. The summed E-state index contributed by atoms with van der Waals surface area (Å²) in [6, 6.07) is 5.72. The molecule has 1 saturated heterocycles. The van der Waals surface area contributed by atoms with Crippen LogP contribution in [0.3, 0.4) is 0 Å². The van der Waals surface area contributed by atoms with Gasteiger partial charge in [0.1, 0.15) is 5.82 Å². The average Bonchev–Trinajstić information content (AvgIpc) is 2.44. The van der Waals surface area contributed by atoms with Crippen molar-refractivity contribution in [2.45, 2.75) is 49.0 Å². The lowest BCUT2D eigenvalue weighted by Crippen LogP contribution is -2.44. The van der Waals surface area contributed by atoms with E-state index in [1.165, 1.54) is 0 Å². The molecule has 1 N–H and O–H groups in total. The first-order valence-corrected chi connectivity index (χ1v) is 10.2. The maximum absolute atomic E-state index is 14.1. The molecule has 2 rings (SSSR count). The SMILES string of the molecule is CCNC(Cc1ccc(Br)cc1F)C1CSC(C)C(C)S1. The van der Waals surface area contributed by atoms with Crippen molar-refractivity contribution in [1.82, 2.24) is 5.32 Å². The summed E-state index contributed by atoms with van der Waals surface area (Å²) in [5, 5.41) is 5.47. The Hall–Kier alpha value is 0.290. The summed E-state index contributed by atoms with van der Waals surface area (Å²) in [5.41, 5.74) is 0.807. The Morgan fingerprint density at radius 2 is 2.14 bits per heavy atom. The highest BCUT2D eigenvalue weighted by Crippen LogP contribution is 2.37. The number of rotatable bonds is 5. The average molecular weight is 392 g/mol. The Balaban J connectivity index is 2.08. The van der Waals surface area contributed by atoms with E-state index >= 15 is 0 Å². The van der Waals surface area contributed by atoms with Crippen molar-refractivity contribution in [3.05, 3.63) is 34.1 Å². The molecular weight excluding hydrogens is 369 g/mol. The standard InChI is InChI=1S/C16H23BrFNS2/c1-4-19-15(16-9-20-10(2)11(3)21-16)7-12-5-6-13(17)8-14(12)18/h5-6,8,10-11,15-16,19H,4,7,9H2,1-3H3. The van der Waals surface area contributed by atoms with Gasteiger partial charge in [-0.3, -0.25) is 0 Å². The van der Waals surface area contributed by atoms with Crippen molar-refractivity contribution < 1.29 is 4.39 Å². The molecular formula is C16H23BrFNS2. The summed E-state index contributed by atoms with van der Waals surface area (Å²) in [4.78, 5) is 0. The van der Waals surface area contributed by atoms with Crippen LogP contribution >= 0.6 is 39.5 Å². The summed E-state index contributed by atoms with van der Waals surface area (Å²) < 4.78 is 14.9. The van der Waals surface area contributed by atoms with Crippen LogP contribution in [0, 0.1) is 5.82 Å². The fourth-order valence-electron chi connectivity index (χ4n) is 2.54. The molecule has 0 saturated carbocycles. The number of hydrogen-bond acceptors (Lipinski definition) is 3. The number of thioether (sulfide) groups is 2. The number of benzene rings is 1. The molecule has 0 amide bonds. The van der Waals surface area contributed by atoms with E-state index in [9.17, 15) is 4.39 Å². The number of halogens is 2. The van der Waals surface area contributed by atoms with Gasteiger partial charge in [0.2, 0.25) is 0 Å². The van der Waals surface area contributed by atoms with Gasteiger partial charge in [0.15, 0.2) is 0 Å². The predicted molar refractivity (Wildman–Crippen MR) is 98.0 cm³/mol. The molecule has 1 aromatic rings. The van der Waals surface area contributed by atoms with E-state index in [1.807, 2.05) is 23.9 Å². The van der Waals surface area contributed by atoms with Crippen molar-refractivity contribution in [3.8, 4) is 0 Å². The van der Waals surface area contributed by atoms with Gasteiger partial charge >= 0.3 is 0 Å². The van der Waals surface area contributed by atoms with Crippen LogP contribution in [0.4, 0.5) is 4.39 Å². The highest BCUT2D eigenvalue weighted by atomic mass is 79.9. The van der Waals surface area contributed by atoms with Crippen LogP contribution in [0.5, 0.6) is 0 Å². The number of nitrogens with one attached hydrogen (secondary N) is 1. The molecule has 1 nitrogen and oxygen atoms in total. The first kappa shape index (κ1) is 17.6. The van der Waals surface area contributed by atoms with E-state index in [4.69, 9.17) is 0 Å². The Morgan fingerprint density at radius 3 is 2.76 bits per heavy atom. The Labute approximate surface area is 144 Å². The second kappa shape index (κ2) is 8.23. The van der Waals surface area contributed by atoms with Crippen LogP contribution in [0.25, 0.3) is 0 Å². The smallest absolute Gasteiger partial charge is 0.127 e. The zero-order valence-corrected chi connectivity index (χ0v) is 16.0. The highest BCUT2D eigenvalue weighted by Gasteiger charge is 2.31.